The highest BCUT2D eigenvalue weighted by Gasteiger charge is 2.09. The minimum atomic E-state index is -0.274. The molecule has 0 saturated carbocycles. The number of carbonyl (C=O) groups excluding carboxylic acids is 1. The molecule has 6 nitrogen and oxygen atoms in total. The second kappa shape index (κ2) is 9.78. The molecule has 7 heteroatoms. The number of likely N-dealkylation sites (N-methyl/N-ethyl adjacent to an activating group) is 1. The maximum absolute atomic E-state index is 13.3. The summed E-state index contributed by atoms with van der Waals surface area (Å²) in [5.41, 5.74) is 0.827. The van der Waals surface area contributed by atoms with Gasteiger partial charge in [0, 0.05) is 41.3 Å². The van der Waals surface area contributed by atoms with E-state index in [4.69, 9.17) is 4.74 Å². The van der Waals surface area contributed by atoms with Crippen LogP contribution < -0.4 is 5.32 Å². The van der Waals surface area contributed by atoms with Gasteiger partial charge in [0.1, 0.15) is 12.4 Å². The topological polar surface area (TPSA) is 57.2 Å². The van der Waals surface area contributed by atoms with Crippen LogP contribution in [-0.4, -0.2) is 69.6 Å². The third-order valence-electron chi connectivity index (χ3n) is 3.12. The maximum atomic E-state index is 13.3. The first-order valence-electron chi connectivity index (χ1n) is 7.37. The van der Waals surface area contributed by atoms with Crippen molar-refractivity contribution in [3.05, 3.63) is 35.6 Å². The lowest BCUT2D eigenvalue weighted by molar-refractivity contribution is -0.127. The third-order valence-corrected chi connectivity index (χ3v) is 3.12. The number of hydrogen-bond donors (Lipinski definition) is 1. The molecule has 0 fully saturated rings. The largest absolute Gasteiger partial charge is 0.383 e. The standard InChI is InChI=1S/C16H25FN4O2/c1-20(2)15(22)11-19-16(18-8-9-23-4)21(3)12-13-6-5-7-14(17)10-13/h5-7,10H,8-9,11-12H2,1-4H3,(H,18,19). The smallest absolute Gasteiger partial charge is 0.243 e. The molecule has 0 bridgehead atoms. The highest BCUT2D eigenvalue weighted by Crippen LogP contribution is 2.06. The molecule has 128 valence electrons. The van der Waals surface area contributed by atoms with E-state index in [0.717, 1.165) is 5.56 Å². The Kier molecular flexibility index (Phi) is 8.04. The molecule has 0 spiro atoms. The molecule has 0 aromatic heterocycles. The zero-order valence-corrected chi connectivity index (χ0v) is 14.2. The van der Waals surface area contributed by atoms with Crippen LogP contribution >= 0.6 is 0 Å². The van der Waals surface area contributed by atoms with Crippen molar-refractivity contribution in [3.63, 3.8) is 0 Å². The normalized spacial score (nSPS) is 11.3. The first-order valence-corrected chi connectivity index (χ1v) is 7.37. The van der Waals surface area contributed by atoms with Gasteiger partial charge in [-0.1, -0.05) is 12.1 Å². The Balaban J connectivity index is 2.76. The fraction of sp³-hybridized carbons (Fsp3) is 0.500. The van der Waals surface area contributed by atoms with E-state index in [9.17, 15) is 9.18 Å². The second-order valence-corrected chi connectivity index (χ2v) is 5.33. The van der Waals surface area contributed by atoms with Crippen molar-refractivity contribution in [1.82, 2.24) is 15.1 Å². The number of benzene rings is 1. The summed E-state index contributed by atoms with van der Waals surface area (Å²) in [7, 11) is 6.83. The molecule has 1 aromatic carbocycles. The van der Waals surface area contributed by atoms with E-state index in [1.54, 1.807) is 27.3 Å². The predicted octanol–water partition coefficient (Wildman–Crippen LogP) is 0.938. The second-order valence-electron chi connectivity index (χ2n) is 5.33. The van der Waals surface area contributed by atoms with Crippen LogP contribution in [-0.2, 0) is 16.1 Å². The zero-order valence-electron chi connectivity index (χ0n) is 14.2. The van der Waals surface area contributed by atoms with Crippen molar-refractivity contribution in [2.45, 2.75) is 6.54 Å². The van der Waals surface area contributed by atoms with E-state index in [1.807, 2.05) is 18.0 Å². The minimum Gasteiger partial charge on any atom is -0.383 e. The number of aliphatic imine (C=N–C) groups is 1. The van der Waals surface area contributed by atoms with Gasteiger partial charge in [-0.15, -0.1) is 0 Å². The van der Waals surface area contributed by atoms with Crippen molar-refractivity contribution in [1.29, 1.82) is 0 Å². The summed E-state index contributed by atoms with van der Waals surface area (Å²) in [6.07, 6.45) is 0. The van der Waals surface area contributed by atoms with Gasteiger partial charge >= 0.3 is 0 Å². The van der Waals surface area contributed by atoms with Gasteiger partial charge in [0.05, 0.1) is 6.61 Å². The molecule has 1 aromatic rings. The number of guanidine groups is 1. The maximum Gasteiger partial charge on any atom is 0.243 e. The lowest BCUT2D eigenvalue weighted by atomic mass is 10.2. The molecule has 0 aliphatic carbocycles. The average molecular weight is 324 g/mol. The molecule has 0 radical (unpaired) electrons. The van der Waals surface area contributed by atoms with Crippen LogP contribution in [0.15, 0.2) is 29.3 Å². The van der Waals surface area contributed by atoms with Crippen LogP contribution in [0.5, 0.6) is 0 Å². The number of halogens is 1. The summed E-state index contributed by atoms with van der Waals surface area (Å²) in [5, 5.41) is 3.14. The molecular formula is C16H25FN4O2. The van der Waals surface area contributed by atoms with Crippen molar-refractivity contribution < 1.29 is 13.9 Å². The summed E-state index contributed by atoms with van der Waals surface area (Å²) in [5.74, 6) is 0.209. The van der Waals surface area contributed by atoms with E-state index in [1.165, 1.54) is 17.0 Å². The average Bonchev–Trinajstić information content (AvgIpc) is 2.50. The van der Waals surface area contributed by atoms with Crippen LogP contribution in [0.3, 0.4) is 0 Å². The number of hydrogen-bond acceptors (Lipinski definition) is 3. The minimum absolute atomic E-state index is 0.0514. The first kappa shape index (κ1) is 18.9. The Bertz CT molecular complexity index is 535. The molecule has 1 rings (SSSR count). The Morgan fingerprint density at radius 2 is 2.09 bits per heavy atom. The molecule has 0 heterocycles. The molecule has 0 unspecified atom stereocenters. The Morgan fingerprint density at radius 3 is 2.70 bits per heavy atom. The quantitative estimate of drug-likeness (QED) is 0.461. The SMILES string of the molecule is COCCNC(=NCC(=O)N(C)C)N(C)Cc1cccc(F)c1. The van der Waals surface area contributed by atoms with Gasteiger partial charge in [-0.2, -0.15) is 0 Å². The van der Waals surface area contributed by atoms with Crippen molar-refractivity contribution in [2.75, 3.05) is 47.9 Å². The highest BCUT2D eigenvalue weighted by atomic mass is 19.1. The number of amides is 1. The molecule has 1 N–H and O–H groups in total. The molecule has 0 saturated heterocycles. The van der Waals surface area contributed by atoms with Gasteiger partial charge in [-0.25, -0.2) is 9.38 Å². The van der Waals surface area contributed by atoms with Gasteiger partial charge in [0.2, 0.25) is 5.91 Å². The first-order chi connectivity index (χ1) is 10.9. The lowest BCUT2D eigenvalue weighted by Gasteiger charge is -2.23. The molecular weight excluding hydrogens is 299 g/mol. The summed E-state index contributed by atoms with van der Waals surface area (Å²) in [4.78, 5) is 19.4. The van der Waals surface area contributed by atoms with Gasteiger partial charge in [-0.05, 0) is 17.7 Å². The molecule has 23 heavy (non-hydrogen) atoms. The molecule has 0 aliphatic heterocycles. The van der Waals surface area contributed by atoms with Gasteiger partial charge in [0.15, 0.2) is 5.96 Å². The van der Waals surface area contributed by atoms with Crippen LogP contribution in [0.1, 0.15) is 5.56 Å². The monoisotopic (exact) mass is 324 g/mol. The number of carbonyl (C=O) groups is 1. The number of nitrogens with zero attached hydrogens (tertiary/aromatic N) is 3. The van der Waals surface area contributed by atoms with E-state index >= 15 is 0 Å². The number of methoxy groups -OCH3 is 1. The fourth-order valence-corrected chi connectivity index (χ4v) is 1.84. The fourth-order valence-electron chi connectivity index (χ4n) is 1.84. The molecule has 0 atom stereocenters. The van der Waals surface area contributed by atoms with Gasteiger partial charge < -0.3 is 19.9 Å². The summed E-state index contributed by atoms with van der Waals surface area (Å²) in [6.45, 7) is 1.62. The van der Waals surface area contributed by atoms with Gasteiger partial charge in [-0.3, -0.25) is 4.79 Å². The number of nitrogens with one attached hydrogen (secondary N) is 1. The predicted molar refractivity (Wildman–Crippen MR) is 88.7 cm³/mol. The van der Waals surface area contributed by atoms with E-state index in [-0.39, 0.29) is 18.3 Å². The van der Waals surface area contributed by atoms with Crippen molar-refractivity contribution in [2.24, 2.45) is 4.99 Å². The molecule has 0 aliphatic rings. The highest BCUT2D eigenvalue weighted by molar-refractivity contribution is 5.84. The van der Waals surface area contributed by atoms with Crippen molar-refractivity contribution in [3.8, 4) is 0 Å². The van der Waals surface area contributed by atoms with E-state index in [0.29, 0.717) is 25.7 Å². The lowest BCUT2D eigenvalue weighted by Crippen LogP contribution is -2.41. The number of ether oxygens (including phenoxy) is 1. The van der Waals surface area contributed by atoms with Crippen LogP contribution in [0, 0.1) is 5.82 Å². The zero-order chi connectivity index (χ0) is 17.2. The Hall–Kier alpha value is -2.15. The Morgan fingerprint density at radius 1 is 1.35 bits per heavy atom. The Labute approximate surface area is 136 Å². The number of rotatable bonds is 7. The van der Waals surface area contributed by atoms with E-state index in [2.05, 4.69) is 10.3 Å². The van der Waals surface area contributed by atoms with Crippen LogP contribution in [0.4, 0.5) is 4.39 Å². The van der Waals surface area contributed by atoms with Crippen molar-refractivity contribution >= 4 is 11.9 Å². The third kappa shape index (κ3) is 7.10. The molecule has 1 amide bonds. The van der Waals surface area contributed by atoms with Crippen LogP contribution in [0.2, 0.25) is 0 Å². The van der Waals surface area contributed by atoms with Crippen LogP contribution in [0.25, 0.3) is 0 Å². The van der Waals surface area contributed by atoms with E-state index < -0.39 is 0 Å². The summed E-state index contributed by atoms with van der Waals surface area (Å²) >= 11 is 0. The summed E-state index contributed by atoms with van der Waals surface area (Å²) < 4.78 is 18.3. The summed E-state index contributed by atoms with van der Waals surface area (Å²) in [6, 6.07) is 6.40. The van der Waals surface area contributed by atoms with Gasteiger partial charge in [0.25, 0.3) is 0 Å².